The van der Waals surface area contributed by atoms with Crippen LogP contribution in [0.3, 0.4) is 0 Å². The third-order valence-electron chi connectivity index (χ3n) is 4.75. The van der Waals surface area contributed by atoms with E-state index in [1.165, 1.54) is 0 Å². The summed E-state index contributed by atoms with van der Waals surface area (Å²) in [4.78, 5) is 37.1. The molecule has 0 spiro atoms. The summed E-state index contributed by atoms with van der Waals surface area (Å²) in [5.74, 6) is -0.781. The quantitative estimate of drug-likeness (QED) is 0.812. The van der Waals surface area contributed by atoms with Crippen molar-refractivity contribution in [2.24, 2.45) is 0 Å². The first-order valence-corrected chi connectivity index (χ1v) is 9.08. The fourth-order valence-electron chi connectivity index (χ4n) is 3.38. The van der Waals surface area contributed by atoms with Crippen LogP contribution < -0.4 is 5.32 Å². The molecular formula is C18H26N4O4. The van der Waals surface area contributed by atoms with Crippen LogP contribution in [-0.2, 0) is 14.3 Å². The average Bonchev–Trinajstić information content (AvgIpc) is 3.03. The molecule has 8 nitrogen and oxygen atoms in total. The van der Waals surface area contributed by atoms with Gasteiger partial charge in [0.2, 0.25) is 11.8 Å². The lowest BCUT2D eigenvalue weighted by Gasteiger charge is -2.33. The highest BCUT2D eigenvalue weighted by Crippen LogP contribution is 2.28. The highest BCUT2D eigenvalue weighted by atomic mass is 16.6. The SMILES string of the molecule is CC(C)(C)OC(=O)N1CCC(n2cc(C3CCC(=O)NC3=O)cn2)CC1. The summed E-state index contributed by atoms with van der Waals surface area (Å²) in [6.07, 6.45) is 5.78. The molecule has 2 saturated heterocycles. The second kappa shape index (κ2) is 7.09. The highest BCUT2D eigenvalue weighted by molar-refractivity contribution is 6.00. The van der Waals surface area contributed by atoms with Crippen molar-refractivity contribution in [1.82, 2.24) is 20.0 Å². The van der Waals surface area contributed by atoms with Crippen LogP contribution in [0.5, 0.6) is 0 Å². The second-order valence-corrected chi connectivity index (χ2v) is 7.96. The van der Waals surface area contributed by atoms with E-state index in [1.54, 1.807) is 11.1 Å². The Morgan fingerprint density at radius 1 is 1.23 bits per heavy atom. The van der Waals surface area contributed by atoms with Crippen molar-refractivity contribution in [3.05, 3.63) is 18.0 Å². The van der Waals surface area contributed by atoms with Gasteiger partial charge in [-0.15, -0.1) is 0 Å². The molecule has 1 aromatic rings. The highest BCUT2D eigenvalue weighted by Gasteiger charge is 2.31. The molecule has 142 valence electrons. The standard InChI is InChI=1S/C18H26N4O4/c1-18(2,3)26-17(25)21-8-6-13(7-9-21)22-11-12(10-19-22)14-4-5-15(23)20-16(14)24/h10-11,13-14H,4-9H2,1-3H3,(H,20,23,24). The molecule has 1 aromatic heterocycles. The molecule has 1 unspecified atom stereocenters. The number of likely N-dealkylation sites (tertiary alicyclic amines) is 1. The van der Waals surface area contributed by atoms with Crippen molar-refractivity contribution in [2.45, 2.75) is 64.0 Å². The van der Waals surface area contributed by atoms with E-state index < -0.39 is 5.60 Å². The van der Waals surface area contributed by atoms with Crippen molar-refractivity contribution < 1.29 is 19.1 Å². The number of aromatic nitrogens is 2. The van der Waals surface area contributed by atoms with Gasteiger partial charge in [-0.25, -0.2) is 4.79 Å². The van der Waals surface area contributed by atoms with Crippen LogP contribution in [0.1, 0.15) is 64.0 Å². The Hall–Kier alpha value is -2.38. The molecule has 1 atom stereocenters. The second-order valence-electron chi connectivity index (χ2n) is 7.96. The maximum absolute atomic E-state index is 12.1. The molecule has 0 aromatic carbocycles. The number of hydrogen-bond acceptors (Lipinski definition) is 5. The first kappa shape index (κ1) is 18.4. The number of piperidine rings is 2. The van der Waals surface area contributed by atoms with E-state index in [4.69, 9.17) is 4.74 Å². The van der Waals surface area contributed by atoms with Crippen molar-refractivity contribution in [3.63, 3.8) is 0 Å². The van der Waals surface area contributed by atoms with Crippen molar-refractivity contribution in [2.75, 3.05) is 13.1 Å². The van der Waals surface area contributed by atoms with Crippen LogP contribution >= 0.6 is 0 Å². The average molecular weight is 362 g/mol. The summed E-state index contributed by atoms with van der Waals surface area (Å²) >= 11 is 0. The largest absolute Gasteiger partial charge is 0.444 e. The van der Waals surface area contributed by atoms with Gasteiger partial charge >= 0.3 is 6.09 Å². The first-order chi connectivity index (χ1) is 12.2. The number of hydrogen-bond donors (Lipinski definition) is 1. The Balaban J connectivity index is 1.57. The third kappa shape index (κ3) is 4.23. The van der Waals surface area contributed by atoms with Gasteiger partial charge in [0.15, 0.2) is 0 Å². The van der Waals surface area contributed by atoms with E-state index in [1.807, 2.05) is 31.6 Å². The lowest BCUT2D eigenvalue weighted by atomic mass is 9.93. The monoisotopic (exact) mass is 362 g/mol. The zero-order chi connectivity index (χ0) is 18.9. The summed E-state index contributed by atoms with van der Waals surface area (Å²) in [5.41, 5.74) is 0.344. The minimum Gasteiger partial charge on any atom is -0.444 e. The zero-order valence-electron chi connectivity index (χ0n) is 15.5. The summed E-state index contributed by atoms with van der Waals surface area (Å²) < 4.78 is 7.30. The Labute approximate surface area is 152 Å². The lowest BCUT2D eigenvalue weighted by molar-refractivity contribution is -0.134. The number of nitrogens with zero attached hydrogens (tertiary/aromatic N) is 3. The van der Waals surface area contributed by atoms with Gasteiger partial charge in [-0.05, 0) is 40.0 Å². The Morgan fingerprint density at radius 3 is 2.54 bits per heavy atom. The number of carbonyl (C=O) groups is 3. The van der Waals surface area contributed by atoms with Gasteiger partial charge in [0.1, 0.15) is 5.60 Å². The molecule has 2 aliphatic rings. The molecule has 3 heterocycles. The van der Waals surface area contributed by atoms with Crippen LogP contribution in [0.15, 0.2) is 12.4 Å². The number of imide groups is 1. The van der Waals surface area contributed by atoms with Gasteiger partial charge in [-0.1, -0.05) is 0 Å². The smallest absolute Gasteiger partial charge is 0.410 e. The van der Waals surface area contributed by atoms with E-state index >= 15 is 0 Å². The molecule has 0 aliphatic carbocycles. The Bertz CT molecular complexity index is 698. The molecule has 0 bridgehead atoms. The van der Waals surface area contributed by atoms with Gasteiger partial charge in [0.25, 0.3) is 0 Å². The number of carbonyl (C=O) groups excluding carboxylic acids is 3. The van der Waals surface area contributed by atoms with Gasteiger partial charge < -0.3 is 9.64 Å². The van der Waals surface area contributed by atoms with Crippen LogP contribution in [0.2, 0.25) is 0 Å². The molecule has 0 radical (unpaired) electrons. The molecular weight excluding hydrogens is 336 g/mol. The predicted molar refractivity (Wildman–Crippen MR) is 93.4 cm³/mol. The normalized spacial score (nSPS) is 22.3. The minimum atomic E-state index is -0.493. The van der Waals surface area contributed by atoms with Gasteiger partial charge in [0, 0.05) is 31.3 Å². The van der Waals surface area contributed by atoms with E-state index in [0.717, 1.165) is 18.4 Å². The summed E-state index contributed by atoms with van der Waals surface area (Å²) in [6.45, 7) is 6.81. The molecule has 2 aliphatic heterocycles. The topological polar surface area (TPSA) is 93.5 Å². The summed E-state index contributed by atoms with van der Waals surface area (Å²) in [5, 5.41) is 6.80. The molecule has 2 fully saturated rings. The van der Waals surface area contributed by atoms with Gasteiger partial charge in [0.05, 0.1) is 18.2 Å². The van der Waals surface area contributed by atoms with Gasteiger partial charge in [-0.2, -0.15) is 5.10 Å². The summed E-state index contributed by atoms with van der Waals surface area (Å²) in [7, 11) is 0. The molecule has 1 N–H and O–H groups in total. The molecule has 26 heavy (non-hydrogen) atoms. The molecule has 8 heteroatoms. The Morgan fingerprint density at radius 2 is 1.92 bits per heavy atom. The van der Waals surface area contributed by atoms with Crippen molar-refractivity contribution in [1.29, 1.82) is 0 Å². The number of nitrogens with one attached hydrogen (secondary N) is 1. The summed E-state index contributed by atoms with van der Waals surface area (Å²) in [6, 6.07) is 0.190. The van der Waals surface area contributed by atoms with Crippen molar-refractivity contribution in [3.8, 4) is 0 Å². The lowest BCUT2D eigenvalue weighted by Crippen LogP contribution is -2.42. The maximum Gasteiger partial charge on any atom is 0.410 e. The predicted octanol–water partition coefficient (Wildman–Crippen LogP) is 1.98. The van der Waals surface area contributed by atoms with Crippen LogP contribution in [0.25, 0.3) is 0 Å². The van der Waals surface area contributed by atoms with Gasteiger partial charge in [-0.3, -0.25) is 19.6 Å². The molecule has 3 amide bonds. The molecule has 0 saturated carbocycles. The number of ether oxygens (including phenoxy) is 1. The number of rotatable bonds is 2. The third-order valence-corrected chi connectivity index (χ3v) is 4.75. The molecule has 3 rings (SSSR count). The van der Waals surface area contributed by atoms with E-state index in [2.05, 4.69) is 10.4 Å². The van der Waals surface area contributed by atoms with Crippen LogP contribution in [0.4, 0.5) is 4.79 Å². The van der Waals surface area contributed by atoms with Crippen LogP contribution in [-0.4, -0.2) is 51.3 Å². The van der Waals surface area contributed by atoms with Crippen molar-refractivity contribution >= 4 is 17.9 Å². The minimum absolute atomic E-state index is 0.190. The zero-order valence-corrected chi connectivity index (χ0v) is 15.5. The van der Waals surface area contributed by atoms with E-state index in [-0.39, 0.29) is 29.9 Å². The van der Waals surface area contributed by atoms with Crippen LogP contribution in [0, 0.1) is 0 Å². The number of amides is 3. The maximum atomic E-state index is 12.1. The first-order valence-electron chi connectivity index (χ1n) is 9.08. The fourth-order valence-corrected chi connectivity index (χ4v) is 3.38. The van der Waals surface area contributed by atoms with E-state index in [0.29, 0.717) is 25.9 Å². The Kier molecular flexibility index (Phi) is 5.02. The van der Waals surface area contributed by atoms with E-state index in [9.17, 15) is 14.4 Å². The fraction of sp³-hybridized carbons (Fsp3) is 0.667.